The Hall–Kier alpha value is -3.07. The largest absolute Gasteiger partial charge is 0.507 e. The van der Waals surface area contributed by atoms with Crippen molar-refractivity contribution in [2.75, 3.05) is 6.54 Å². The van der Waals surface area contributed by atoms with Gasteiger partial charge >= 0.3 is 12.6 Å². The van der Waals surface area contributed by atoms with Gasteiger partial charge in [0.05, 0.1) is 29.0 Å². The van der Waals surface area contributed by atoms with Crippen LogP contribution in [-0.4, -0.2) is 33.9 Å². The molecule has 0 spiro atoms. The molecule has 160 valence electrons. The number of allylic oxidation sites excluding steroid dienone is 1. The fourth-order valence-corrected chi connectivity index (χ4v) is 4.21. The van der Waals surface area contributed by atoms with Crippen molar-refractivity contribution < 1.29 is 28.5 Å². The number of aliphatic hydroxyl groups excluding tert-OH is 1. The SMILES string of the molecule is CC(C)(C)C1Cn2c(cc3c(OC(F)F)cccc32)C2=C1C(O)=C(C(=O)O)CNN2. The number of nitrogens with zero attached hydrogens (tertiary/aromatic N) is 1. The highest BCUT2D eigenvalue weighted by molar-refractivity contribution is 5.94. The summed E-state index contributed by atoms with van der Waals surface area (Å²) < 4.78 is 32.5. The zero-order chi connectivity index (χ0) is 21.8. The van der Waals surface area contributed by atoms with Gasteiger partial charge in [0, 0.05) is 23.4 Å². The number of hydrogen-bond donors (Lipinski definition) is 4. The maximum Gasteiger partial charge on any atom is 0.387 e. The van der Waals surface area contributed by atoms with Crippen LogP contribution in [0.3, 0.4) is 0 Å². The van der Waals surface area contributed by atoms with Crippen molar-refractivity contribution in [1.29, 1.82) is 0 Å². The van der Waals surface area contributed by atoms with Gasteiger partial charge in [-0.05, 0) is 23.6 Å². The molecular formula is C21H23F2N3O4. The average Bonchev–Trinajstić information content (AvgIpc) is 2.93. The van der Waals surface area contributed by atoms with Crippen LogP contribution < -0.4 is 15.6 Å². The van der Waals surface area contributed by atoms with E-state index in [0.29, 0.717) is 28.9 Å². The molecule has 4 N–H and O–H groups in total. The van der Waals surface area contributed by atoms with Gasteiger partial charge in [-0.15, -0.1) is 0 Å². The molecule has 4 rings (SSSR count). The molecule has 0 aliphatic carbocycles. The Kier molecular flexibility index (Phi) is 4.73. The van der Waals surface area contributed by atoms with Crippen LogP contribution in [0.1, 0.15) is 26.5 Å². The highest BCUT2D eigenvalue weighted by atomic mass is 19.3. The monoisotopic (exact) mass is 419 g/mol. The van der Waals surface area contributed by atoms with Gasteiger partial charge in [0.25, 0.3) is 0 Å². The van der Waals surface area contributed by atoms with Gasteiger partial charge in [0.2, 0.25) is 0 Å². The van der Waals surface area contributed by atoms with E-state index in [-0.39, 0.29) is 35.0 Å². The fourth-order valence-electron chi connectivity index (χ4n) is 4.21. The lowest BCUT2D eigenvalue weighted by molar-refractivity contribution is -0.132. The molecule has 1 aromatic carbocycles. The molecule has 7 nitrogen and oxygen atoms in total. The molecule has 30 heavy (non-hydrogen) atoms. The lowest BCUT2D eigenvalue weighted by Gasteiger charge is -2.38. The molecule has 0 bridgehead atoms. The molecule has 1 aromatic heterocycles. The Morgan fingerprint density at radius 2 is 2.07 bits per heavy atom. The van der Waals surface area contributed by atoms with E-state index in [4.69, 9.17) is 4.74 Å². The molecule has 0 amide bonds. The summed E-state index contributed by atoms with van der Waals surface area (Å²) in [6.07, 6.45) is 0. The smallest absolute Gasteiger partial charge is 0.387 e. The molecule has 2 aliphatic heterocycles. The maximum absolute atomic E-state index is 12.9. The van der Waals surface area contributed by atoms with Gasteiger partial charge in [-0.2, -0.15) is 8.78 Å². The van der Waals surface area contributed by atoms with E-state index in [1.807, 2.05) is 31.4 Å². The Bertz CT molecular complexity index is 1100. The summed E-state index contributed by atoms with van der Waals surface area (Å²) in [7, 11) is 0. The van der Waals surface area contributed by atoms with Crippen molar-refractivity contribution in [3.05, 3.63) is 46.9 Å². The maximum atomic E-state index is 12.9. The number of fused-ring (bicyclic) bond motifs is 4. The number of carboxylic acid groups (broad SMARTS) is 1. The van der Waals surface area contributed by atoms with Crippen LogP contribution in [0, 0.1) is 11.3 Å². The van der Waals surface area contributed by atoms with Crippen LogP contribution in [0.2, 0.25) is 0 Å². The number of benzene rings is 1. The first kappa shape index (κ1) is 20.2. The number of hydrazine groups is 1. The number of aromatic nitrogens is 1. The topological polar surface area (TPSA) is 95.8 Å². The van der Waals surface area contributed by atoms with Crippen molar-refractivity contribution in [3.8, 4) is 5.75 Å². The molecule has 0 saturated heterocycles. The Morgan fingerprint density at radius 1 is 1.33 bits per heavy atom. The third-order valence-electron chi connectivity index (χ3n) is 5.68. The van der Waals surface area contributed by atoms with Gasteiger partial charge < -0.3 is 24.9 Å². The summed E-state index contributed by atoms with van der Waals surface area (Å²) >= 11 is 0. The van der Waals surface area contributed by atoms with Crippen molar-refractivity contribution in [1.82, 2.24) is 15.4 Å². The number of halogens is 2. The summed E-state index contributed by atoms with van der Waals surface area (Å²) in [6, 6.07) is 6.68. The molecule has 1 atom stereocenters. The van der Waals surface area contributed by atoms with Crippen molar-refractivity contribution in [3.63, 3.8) is 0 Å². The fraction of sp³-hybridized carbons (Fsp3) is 0.381. The second-order valence-corrected chi connectivity index (χ2v) is 8.53. The quantitative estimate of drug-likeness (QED) is 0.607. The zero-order valence-electron chi connectivity index (χ0n) is 16.8. The van der Waals surface area contributed by atoms with Gasteiger partial charge in [0.15, 0.2) is 0 Å². The van der Waals surface area contributed by atoms with E-state index in [1.165, 1.54) is 6.07 Å². The summed E-state index contributed by atoms with van der Waals surface area (Å²) in [5, 5.41) is 21.0. The third-order valence-corrected chi connectivity index (χ3v) is 5.68. The first-order valence-electron chi connectivity index (χ1n) is 9.56. The van der Waals surface area contributed by atoms with Crippen LogP contribution in [0.15, 0.2) is 41.2 Å². The van der Waals surface area contributed by atoms with Crippen LogP contribution in [0.25, 0.3) is 16.6 Å². The van der Waals surface area contributed by atoms with E-state index < -0.39 is 12.6 Å². The third kappa shape index (κ3) is 3.19. The van der Waals surface area contributed by atoms with Gasteiger partial charge in [0.1, 0.15) is 11.5 Å². The van der Waals surface area contributed by atoms with Crippen molar-refractivity contribution in [2.24, 2.45) is 11.3 Å². The number of aliphatic carboxylic acids is 1. The molecule has 9 heteroatoms. The standard InChI is InChI=1S/C21H23F2N3O4/c1-21(2,3)12-9-26-13-5-4-6-15(30-20(22)23)10(13)7-14(26)17-16(12)18(27)11(19(28)29)8-24-25-17/h4-7,12,20,24-25,27H,8-9H2,1-3H3,(H,28,29). The molecule has 0 radical (unpaired) electrons. The highest BCUT2D eigenvalue weighted by Gasteiger charge is 2.40. The molecule has 1 unspecified atom stereocenters. The zero-order valence-corrected chi connectivity index (χ0v) is 16.8. The summed E-state index contributed by atoms with van der Waals surface area (Å²) in [5.41, 5.74) is 7.81. The van der Waals surface area contributed by atoms with Crippen molar-refractivity contribution >= 4 is 22.6 Å². The number of rotatable bonds is 3. The number of carbonyl (C=O) groups is 1. The first-order chi connectivity index (χ1) is 14.1. The summed E-state index contributed by atoms with van der Waals surface area (Å²) in [5.74, 6) is -1.65. The molecule has 0 fully saturated rings. The summed E-state index contributed by atoms with van der Waals surface area (Å²) in [4.78, 5) is 11.7. The van der Waals surface area contributed by atoms with E-state index in [1.54, 1.807) is 12.1 Å². The number of nitrogens with one attached hydrogen (secondary N) is 2. The van der Waals surface area contributed by atoms with Crippen LogP contribution in [-0.2, 0) is 11.3 Å². The minimum absolute atomic E-state index is 0.0615. The number of ether oxygens (including phenoxy) is 1. The number of aliphatic hydroxyl groups is 1. The predicted molar refractivity (Wildman–Crippen MR) is 107 cm³/mol. The van der Waals surface area contributed by atoms with Gasteiger partial charge in [-0.1, -0.05) is 26.8 Å². The summed E-state index contributed by atoms with van der Waals surface area (Å²) in [6.45, 7) is 3.44. The van der Waals surface area contributed by atoms with E-state index in [9.17, 15) is 23.8 Å². The molecule has 0 saturated carbocycles. The second-order valence-electron chi connectivity index (χ2n) is 8.53. The Labute approximate surface area is 171 Å². The average molecular weight is 419 g/mol. The molecular weight excluding hydrogens is 396 g/mol. The number of hydrogen-bond acceptors (Lipinski definition) is 5. The van der Waals surface area contributed by atoms with E-state index in [0.717, 1.165) is 5.52 Å². The Morgan fingerprint density at radius 3 is 2.70 bits per heavy atom. The number of alkyl halides is 2. The lowest BCUT2D eigenvalue weighted by atomic mass is 9.73. The first-order valence-corrected chi connectivity index (χ1v) is 9.56. The number of carboxylic acids is 1. The Balaban J connectivity index is 2.01. The van der Waals surface area contributed by atoms with Crippen LogP contribution in [0.5, 0.6) is 5.75 Å². The molecule has 2 aliphatic rings. The van der Waals surface area contributed by atoms with E-state index in [2.05, 4.69) is 10.9 Å². The minimum atomic E-state index is -2.95. The lowest BCUT2D eigenvalue weighted by Crippen LogP contribution is -2.37. The van der Waals surface area contributed by atoms with E-state index >= 15 is 0 Å². The second kappa shape index (κ2) is 7.02. The predicted octanol–water partition coefficient (Wildman–Crippen LogP) is 3.63. The van der Waals surface area contributed by atoms with Crippen molar-refractivity contribution in [2.45, 2.75) is 33.9 Å². The van der Waals surface area contributed by atoms with Crippen LogP contribution >= 0.6 is 0 Å². The highest BCUT2D eigenvalue weighted by Crippen LogP contribution is 2.46. The van der Waals surface area contributed by atoms with Gasteiger partial charge in [-0.3, -0.25) is 0 Å². The van der Waals surface area contributed by atoms with Gasteiger partial charge in [-0.25, -0.2) is 10.2 Å². The normalized spacial score (nSPS) is 19.5. The minimum Gasteiger partial charge on any atom is -0.507 e. The molecule has 3 heterocycles. The van der Waals surface area contributed by atoms with Crippen LogP contribution in [0.4, 0.5) is 8.78 Å². The molecule has 2 aromatic rings.